The molecule has 0 spiro atoms. The van der Waals surface area contributed by atoms with Gasteiger partial charge in [0.15, 0.2) is 0 Å². The first-order valence-electron chi connectivity index (χ1n) is 9.93. The van der Waals surface area contributed by atoms with Crippen LogP contribution in [-0.2, 0) is 0 Å². The summed E-state index contributed by atoms with van der Waals surface area (Å²) in [5.41, 5.74) is 14.8. The lowest BCUT2D eigenvalue weighted by Gasteiger charge is -2.23. The molecule has 4 aromatic rings. The topological polar surface area (TPSA) is 139 Å². The molecule has 3 heterocycles. The van der Waals surface area contributed by atoms with Gasteiger partial charge < -0.3 is 31.1 Å². The molecule has 0 bridgehead atoms. The van der Waals surface area contributed by atoms with Gasteiger partial charge in [-0.3, -0.25) is 0 Å². The zero-order chi connectivity index (χ0) is 21.7. The molecule has 9 heteroatoms. The van der Waals surface area contributed by atoms with E-state index in [4.69, 9.17) is 11.5 Å². The zero-order valence-corrected chi connectivity index (χ0v) is 16.9. The Labute approximate surface area is 178 Å². The second-order valence-corrected chi connectivity index (χ2v) is 7.86. The Kier molecular flexibility index (Phi) is 4.49. The molecule has 1 aliphatic rings. The lowest BCUT2D eigenvalue weighted by Crippen LogP contribution is -2.32. The van der Waals surface area contributed by atoms with E-state index in [1.807, 2.05) is 52.9 Å². The summed E-state index contributed by atoms with van der Waals surface area (Å²) in [6.45, 7) is 0.443. The molecule has 0 saturated carbocycles. The Bertz CT molecular complexity index is 1320. The smallest absolute Gasteiger partial charge is 0.146 e. The molecule has 1 aromatic carbocycles. The van der Waals surface area contributed by atoms with E-state index in [1.165, 1.54) is 6.33 Å². The number of nitrogens with two attached hydrogens (primary N) is 2. The van der Waals surface area contributed by atoms with Crippen LogP contribution in [0.3, 0.4) is 0 Å². The molecule has 9 nitrogen and oxygen atoms in total. The molecule has 0 aliphatic heterocycles. The molecule has 5 rings (SSSR count). The average Bonchev–Trinajstić information content (AvgIpc) is 3.30. The van der Waals surface area contributed by atoms with Gasteiger partial charge in [-0.05, 0) is 35.9 Å². The Hall–Kier alpha value is -3.69. The monoisotopic (exact) mass is 417 g/mol. The SMILES string of the molecule is CN(CC1=CC(n2ccc3c(N)ncnc32)C(O)C1O)c1ccc2ccc(N)nc2c1. The van der Waals surface area contributed by atoms with Gasteiger partial charge in [0.05, 0.1) is 16.9 Å². The van der Waals surface area contributed by atoms with Gasteiger partial charge in [-0.1, -0.05) is 12.1 Å². The van der Waals surface area contributed by atoms with Gasteiger partial charge in [0.1, 0.15) is 35.8 Å². The fourth-order valence-electron chi connectivity index (χ4n) is 4.17. The molecule has 1 aliphatic carbocycles. The highest BCUT2D eigenvalue weighted by atomic mass is 16.3. The van der Waals surface area contributed by atoms with Crippen LogP contribution >= 0.6 is 0 Å². The zero-order valence-electron chi connectivity index (χ0n) is 16.9. The number of hydrogen-bond donors (Lipinski definition) is 4. The number of hydrogen-bond acceptors (Lipinski definition) is 8. The van der Waals surface area contributed by atoms with Gasteiger partial charge in [0.25, 0.3) is 0 Å². The van der Waals surface area contributed by atoms with Crippen molar-refractivity contribution in [1.82, 2.24) is 19.5 Å². The first-order valence-corrected chi connectivity index (χ1v) is 9.93. The van der Waals surface area contributed by atoms with Crippen molar-refractivity contribution in [2.45, 2.75) is 18.2 Å². The molecule has 0 amide bonds. The molecule has 3 atom stereocenters. The molecule has 0 fully saturated rings. The fourth-order valence-corrected chi connectivity index (χ4v) is 4.17. The number of aliphatic hydroxyl groups is 2. The number of aromatic nitrogens is 4. The van der Waals surface area contributed by atoms with Crippen LogP contribution in [0.25, 0.3) is 21.9 Å². The van der Waals surface area contributed by atoms with Gasteiger partial charge in [-0.25, -0.2) is 15.0 Å². The van der Waals surface area contributed by atoms with Crippen LogP contribution in [-0.4, -0.2) is 55.5 Å². The molecule has 0 saturated heterocycles. The van der Waals surface area contributed by atoms with Gasteiger partial charge in [-0.2, -0.15) is 0 Å². The van der Waals surface area contributed by atoms with Crippen molar-refractivity contribution in [2.24, 2.45) is 0 Å². The van der Waals surface area contributed by atoms with Gasteiger partial charge in [0, 0.05) is 30.9 Å². The van der Waals surface area contributed by atoms with Crippen LogP contribution < -0.4 is 16.4 Å². The minimum atomic E-state index is -0.992. The first kappa shape index (κ1) is 19.3. The molecule has 0 radical (unpaired) electrons. The van der Waals surface area contributed by atoms with E-state index in [0.717, 1.165) is 22.2 Å². The third-order valence-electron chi connectivity index (χ3n) is 5.86. The second kappa shape index (κ2) is 7.22. The summed E-state index contributed by atoms with van der Waals surface area (Å²) in [5, 5.41) is 23.2. The number of rotatable bonds is 4. The number of anilines is 3. The van der Waals surface area contributed by atoms with Crippen molar-refractivity contribution in [1.29, 1.82) is 0 Å². The van der Waals surface area contributed by atoms with Crippen LogP contribution in [0, 0.1) is 0 Å². The lowest BCUT2D eigenvalue weighted by atomic mass is 10.1. The summed E-state index contributed by atoms with van der Waals surface area (Å²) < 4.78 is 1.82. The van der Waals surface area contributed by atoms with E-state index in [2.05, 4.69) is 15.0 Å². The van der Waals surface area contributed by atoms with Crippen molar-refractivity contribution in [2.75, 3.05) is 30.0 Å². The maximum absolute atomic E-state index is 10.7. The van der Waals surface area contributed by atoms with E-state index >= 15 is 0 Å². The largest absolute Gasteiger partial charge is 0.388 e. The van der Waals surface area contributed by atoms with Gasteiger partial charge in [0.2, 0.25) is 0 Å². The van der Waals surface area contributed by atoms with Crippen molar-refractivity contribution in [3.63, 3.8) is 0 Å². The van der Waals surface area contributed by atoms with E-state index in [9.17, 15) is 10.2 Å². The highest BCUT2D eigenvalue weighted by Gasteiger charge is 2.36. The van der Waals surface area contributed by atoms with Crippen LogP contribution in [0.5, 0.6) is 0 Å². The van der Waals surface area contributed by atoms with Crippen LogP contribution in [0.15, 0.2) is 60.6 Å². The number of aliphatic hydroxyl groups excluding tert-OH is 2. The number of fused-ring (bicyclic) bond motifs is 2. The van der Waals surface area contributed by atoms with Crippen LogP contribution in [0.1, 0.15) is 6.04 Å². The molecule has 3 aromatic heterocycles. The van der Waals surface area contributed by atoms with Gasteiger partial charge in [-0.15, -0.1) is 0 Å². The number of likely N-dealkylation sites (N-methyl/N-ethyl adjacent to an activating group) is 1. The number of nitrogen functional groups attached to an aromatic ring is 2. The third-order valence-corrected chi connectivity index (χ3v) is 5.86. The maximum Gasteiger partial charge on any atom is 0.146 e. The standard InChI is InChI=1S/C22H23N7O2/c1-28(14-4-2-12-3-5-18(23)27-16(12)9-14)10-13-8-17(20(31)19(13)30)29-7-6-15-21(24)25-11-26-22(15)29/h2-9,11,17,19-20,30-31H,10H2,1H3,(H2,23,27)(H2,24,25,26). The normalized spacial score (nSPS) is 21.0. The minimum absolute atomic E-state index is 0.381. The summed E-state index contributed by atoms with van der Waals surface area (Å²) in [6, 6.07) is 11.0. The average molecular weight is 417 g/mol. The highest BCUT2D eigenvalue weighted by molar-refractivity contribution is 5.86. The Morgan fingerprint density at radius 2 is 1.90 bits per heavy atom. The third kappa shape index (κ3) is 3.24. The van der Waals surface area contributed by atoms with Crippen molar-refractivity contribution < 1.29 is 10.2 Å². The predicted octanol–water partition coefficient (Wildman–Crippen LogP) is 1.48. The van der Waals surface area contributed by atoms with Crippen LogP contribution in [0.4, 0.5) is 17.3 Å². The first-order chi connectivity index (χ1) is 14.9. The summed E-state index contributed by atoms with van der Waals surface area (Å²) >= 11 is 0. The number of benzene rings is 1. The second-order valence-electron chi connectivity index (χ2n) is 7.86. The summed E-state index contributed by atoms with van der Waals surface area (Å²) in [6.07, 6.45) is 3.11. The number of nitrogens with zero attached hydrogens (tertiary/aromatic N) is 5. The molecule has 3 unspecified atom stereocenters. The van der Waals surface area contributed by atoms with Crippen molar-refractivity contribution >= 4 is 39.3 Å². The number of pyridine rings is 1. The van der Waals surface area contributed by atoms with E-state index < -0.39 is 18.2 Å². The minimum Gasteiger partial charge on any atom is -0.388 e. The lowest BCUT2D eigenvalue weighted by molar-refractivity contribution is 0.0325. The highest BCUT2D eigenvalue weighted by Crippen LogP contribution is 2.33. The molecule has 158 valence electrons. The maximum atomic E-state index is 10.7. The molecule has 31 heavy (non-hydrogen) atoms. The van der Waals surface area contributed by atoms with E-state index in [-0.39, 0.29) is 0 Å². The molecular weight excluding hydrogens is 394 g/mol. The molecular formula is C22H23N7O2. The van der Waals surface area contributed by atoms with Crippen molar-refractivity contribution in [3.8, 4) is 0 Å². The summed E-state index contributed by atoms with van der Waals surface area (Å²) in [4.78, 5) is 14.7. The van der Waals surface area contributed by atoms with Crippen LogP contribution in [0.2, 0.25) is 0 Å². The Morgan fingerprint density at radius 3 is 2.74 bits per heavy atom. The summed E-state index contributed by atoms with van der Waals surface area (Å²) in [7, 11) is 1.93. The van der Waals surface area contributed by atoms with Gasteiger partial charge >= 0.3 is 0 Å². The quantitative estimate of drug-likeness (QED) is 0.366. The van der Waals surface area contributed by atoms with E-state index in [0.29, 0.717) is 29.2 Å². The predicted molar refractivity (Wildman–Crippen MR) is 120 cm³/mol. The van der Waals surface area contributed by atoms with Crippen molar-refractivity contribution in [3.05, 3.63) is 60.6 Å². The fraction of sp³-hybridized carbons (Fsp3) is 0.227. The molecule has 6 N–H and O–H groups in total. The summed E-state index contributed by atoms with van der Waals surface area (Å²) in [5.74, 6) is 0.849. The Morgan fingerprint density at radius 1 is 1.10 bits per heavy atom. The Balaban J connectivity index is 1.44. The van der Waals surface area contributed by atoms with E-state index in [1.54, 1.807) is 12.3 Å².